The van der Waals surface area contributed by atoms with Crippen molar-refractivity contribution in [2.24, 2.45) is 0 Å². The van der Waals surface area contributed by atoms with Crippen molar-refractivity contribution >= 4 is 16.1 Å². The molecule has 0 aromatic rings. The molecule has 0 nitrogen and oxygen atoms in total. The molecule has 0 N–H and O–H groups in total. The van der Waals surface area contributed by atoms with Crippen molar-refractivity contribution in [2.45, 2.75) is 51.7 Å². The Kier molecular flexibility index (Phi) is 4.05. The maximum absolute atomic E-state index is 2.59. The molecule has 0 amide bonds. The molecule has 0 saturated carbocycles. The Morgan fingerprint density at radius 3 is 1.64 bits per heavy atom. The summed E-state index contributed by atoms with van der Waals surface area (Å²) in [6, 6.07) is 4.06. The first-order valence-electron chi connectivity index (χ1n) is 4.55. The Bertz CT molecular complexity index is 91.7. The molecule has 0 rings (SSSR count). The van der Waals surface area contributed by atoms with Crippen LogP contribution >= 0.6 is 0 Å². The zero-order valence-electron chi connectivity index (χ0n) is 8.99. The maximum atomic E-state index is 2.59. The van der Waals surface area contributed by atoms with Gasteiger partial charge < -0.3 is 0 Å². The van der Waals surface area contributed by atoms with Crippen LogP contribution in [0.25, 0.3) is 0 Å². The monoisotopic (exact) mass is 187 g/mol. The molecular formula is C9H23Si2. The van der Waals surface area contributed by atoms with Crippen LogP contribution < -0.4 is 0 Å². The summed E-state index contributed by atoms with van der Waals surface area (Å²) in [7, 11) is -1.63. The van der Waals surface area contributed by atoms with Gasteiger partial charge in [0.2, 0.25) is 0 Å². The van der Waals surface area contributed by atoms with Gasteiger partial charge in [0, 0.05) is 16.1 Å². The molecule has 0 heterocycles. The molecule has 0 aliphatic heterocycles. The lowest BCUT2D eigenvalue weighted by Gasteiger charge is -2.19. The van der Waals surface area contributed by atoms with E-state index in [4.69, 9.17) is 0 Å². The van der Waals surface area contributed by atoms with Gasteiger partial charge in [0.25, 0.3) is 0 Å². The molecule has 1 radical (unpaired) electrons. The summed E-state index contributed by atoms with van der Waals surface area (Å²) < 4.78 is 0. The molecule has 0 unspecified atom stereocenters. The second-order valence-electron chi connectivity index (χ2n) is 5.67. The summed E-state index contributed by atoms with van der Waals surface area (Å²) in [5.74, 6) is 0. The molecular weight excluding hydrogens is 164 g/mol. The molecule has 0 aromatic carbocycles. The average Bonchev–Trinajstić information content (AvgIpc) is 1.55. The molecule has 0 aliphatic rings. The largest absolute Gasteiger partial charge is 0.0695 e. The molecule has 0 aromatic heterocycles. The van der Waals surface area contributed by atoms with Gasteiger partial charge in [-0.2, -0.15) is 0 Å². The highest BCUT2D eigenvalue weighted by Crippen LogP contribution is 2.16. The minimum Gasteiger partial charge on any atom is -0.0695 e. The van der Waals surface area contributed by atoms with Crippen LogP contribution in [0.2, 0.25) is 45.3 Å². The molecule has 0 aliphatic carbocycles. The van der Waals surface area contributed by atoms with E-state index in [-0.39, 0.29) is 0 Å². The van der Waals surface area contributed by atoms with Crippen LogP contribution in [0.3, 0.4) is 0 Å². The first-order chi connectivity index (χ1) is 4.71. The Morgan fingerprint density at radius 2 is 1.36 bits per heavy atom. The molecule has 0 saturated heterocycles. The van der Waals surface area contributed by atoms with E-state index in [9.17, 15) is 0 Å². The third-order valence-corrected chi connectivity index (χ3v) is 4.95. The van der Waals surface area contributed by atoms with E-state index in [0.29, 0.717) is 0 Å². The van der Waals surface area contributed by atoms with E-state index >= 15 is 0 Å². The minimum absolute atomic E-state index is 0.766. The smallest absolute Gasteiger partial charge is 0.0473 e. The van der Waals surface area contributed by atoms with E-state index < -0.39 is 16.1 Å². The van der Waals surface area contributed by atoms with Crippen LogP contribution in [0, 0.1) is 6.04 Å². The summed E-state index contributed by atoms with van der Waals surface area (Å²) >= 11 is 0. The van der Waals surface area contributed by atoms with Gasteiger partial charge in [-0.1, -0.05) is 51.7 Å². The summed E-state index contributed by atoms with van der Waals surface area (Å²) in [6.07, 6.45) is 1.37. The van der Waals surface area contributed by atoms with E-state index in [1.165, 1.54) is 12.5 Å². The van der Waals surface area contributed by atoms with Crippen LogP contribution in [-0.4, -0.2) is 16.1 Å². The predicted octanol–water partition coefficient (Wildman–Crippen LogP) is 3.80. The fraction of sp³-hybridized carbons (Fsp3) is 0.889. The number of rotatable bonds is 4. The summed E-state index contributed by atoms with van der Waals surface area (Å²) in [5, 5.41) is 0. The molecule has 0 bridgehead atoms. The zero-order chi connectivity index (χ0) is 9.12. The predicted molar refractivity (Wildman–Crippen MR) is 60.4 cm³/mol. The van der Waals surface area contributed by atoms with Crippen molar-refractivity contribution in [3.63, 3.8) is 0 Å². The molecule has 11 heavy (non-hydrogen) atoms. The van der Waals surface area contributed by atoms with Crippen molar-refractivity contribution in [3.8, 4) is 0 Å². The molecule has 67 valence electrons. The quantitative estimate of drug-likeness (QED) is 0.587. The molecule has 2 heteroatoms. The molecule has 0 atom stereocenters. The van der Waals surface area contributed by atoms with Crippen molar-refractivity contribution < 1.29 is 0 Å². The van der Waals surface area contributed by atoms with Crippen molar-refractivity contribution in [1.29, 1.82) is 0 Å². The normalized spacial score (nSPS) is 13.6. The van der Waals surface area contributed by atoms with Crippen LogP contribution in [0.1, 0.15) is 6.42 Å². The van der Waals surface area contributed by atoms with Crippen LogP contribution in [0.15, 0.2) is 0 Å². The lowest BCUT2D eigenvalue weighted by Crippen LogP contribution is -2.24. The van der Waals surface area contributed by atoms with E-state index in [2.05, 4.69) is 45.3 Å². The van der Waals surface area contributed by atoms with Gasteiger partial charge in [-0.15, -0.1) is 0 Å². The fourth-order valence-electron chi connectivity index (χ4n) is 0.938. The van der Waals surface area contributed by atoms with Gasteiger partial charge in [-0.05, 0) is 6.04 Å². The van der Waals surface area contributed by atoms with Crippen LogP contribution in [0.5, 0.6) is 0 Å². The maximum Gasteiger partial charge on any atom is 0.0473 e. The van der Waals surface area contributed by atoms with Crippen molar-refractivity contribution in [1.82, 2.24) is 0 Å². The Hall–Kier alpha value is 0.434. The fourth-order valence-corrected chi connectivity index (χ4v) is 3.25. The standard InChI is InChI=1S/C9H23Si2/c1-10(2,3)8-7-9-11(4,5)6/h8H,7,9H2,1-6H3. The first kappa shape index (κ1) is 11.4. The highest BCUT2D eigenvalue weighted by molar-refractivity contribution is 6.80. The van der Waals surface area contributed by atoms with Crippen LogP contribution in [-0.2, 0) is 0 Å². The second-order valence-corrected chi connectivity index (χ2v) is 16.4. The van der Waals surface area contributed by atoms with E-state index in [1.807, 2.05) is 0 Å². The van der Waals surface area contributed by atoms with Crippen molar-refractivity contribution in [2.75, 3.05) is 0 Å². The Morgan fingerprint density at radius 1 is 0.909 bits per heavy atom. The number of hydrogen-bond acceptors (Lipinski definition) is 0. The highest BCUT2D eigenvalue weighted by atomic mass is 28.3. The Balaban J connectivity index is 3.44. The molecule has 0 fully saturated rings. The van der Waals surface area contributed by atoms with Gasteiger partial charge in [0.05, 0.1) is 0 Å². The lowest BCUT2D eigenvalue weighted by molar-refractivity contribution is 1.11. The Labute approximate surface area is 74.4 Å². The highest BCUT2D eigenvalue weighted by Gasteiger charge is 2.16. The topological polar surface area (TPSA) is 0 Å². The minimum atomic E-state index is -0.860. The van der Waals surface area contributed by atoms with Gasteiger partial charge >= 0.3 is 0 Å². The summed E-state index contributed by atoms with van der Waals surface area (Å²) in [6.45, 7) is 14.6. The lowest BCUT2D eigenvalue weighted by atomic mass is 10.6. The van der Waals surface area contributed by atoms with Gasteiger partial charge in [0.1, 0.15) is 0 Å². The summed E-state index contributed by atoms with van der Waals surface area (Å²) in [5.41, 5.74) is 0. The van der Waals surface area contributed by atoms with E-state index in [1.54, 1.807) is 0 Å². The zero-order valence-corrected chi connectivity index (χ0v) is 11.0. The third-order valence-electron chi connectivity index (χ3n) is 1.65. The number of hydrogen-bond donors (Lipinski definition) is 0. The van der Waals surface area contributed by atoms with Gasteiger partial charge in [-0.3, -0.25) is 0 Å². The van der Waals surface area contributed by atoms with Gasteiger partial charge in [0.15, 0.2) is 0 Å². The SMILES string of the molecule is C[Si](C)(C)[CH]CC[Si](C)(C)C. The molecule has 0 spiro atoms. The third kappa shape index (κ3) is 10.4. The summed E-state index contributed by atoms with van der Waals surface area (Å²) in [4.78, 5) is 0. The van der Waals surface area contributed by atoms with Gasteiger partial charge in [-0.25, -0.2) is 0 Å². The van der Waals surface area contributed by atoms with Crippen molar-refractivity contribution in [3.05, 3.63) is 6.04 Å². The second kappa shape index (κ2) is 3.90. The average molecular weight is 187 g/mol. The van der Waals surface area contributed by atoms with Crippen LogP contribution in [0.4, 0.5) is 0 Å². The first-order valence-corrected chi connectivity index (χ1v) is 11.8. The van der Waals surface area contributed by atoms with E-state index in [0.717, 1.165) is 0 Å².